The summed E-state index contributed by atoms with van der Waals surface area (Å²) in [5, 5.41) is 2.34. The molecule has 2 aromatic carbocycles. The number of H-pyrrole nitrogens is 1. The Kier molecular flexibility index (Phi) is 5.92. The van der Waals surface area contributed by atoms with E-state index in [2.05, 4.69) is 38.4 Å². The van der Waals surface area contributed by atoms with Crippen molar-refractivity contribution in [3.05, 3.63) is 59.4 Å². The van der Waals surface area contributed by atoms with Gasteiger partial charge in [0.2, 0.25) is 11.8 Å². The van der Waals surface area contributed by atoms with Crippen LogP contribution in [-0.4, -0.2) is 62.7 Å². The molecule has 2 fully saturated rings. The molecule has 2 atom stereocenters. The van der Waals surface area contributed by atoms with Crippen molar-refractivity contribution in [1.29, 1.82) is 0 Å². The van der Waals surface area contributed by atoms with E-state index in [1.54, 1.807) is 17.3 Å². The topological polar surface area (TPSA) is 108 Å². The fraction of sp³-hybridized carbons (Fsp3) is 0.407. The number of carbonyl (C=O) groups excluding carboxylic acids is 3. The highest BCUT2D eigenvalue weighted by Crippen LogP contribution is 2.31. The average molecular weight is 488 g/mol. The van der Waals surface area contributed by atoms with Crippen LogP contribution in [0.4, 0.5) is 0 Å². The highest BCUT2D eigenvalue weighted by molar-refractivity contribution is 6.05. The van der Waals surface area contributed by atoms with Gasteiger partial charge >= 0.3 is 0 Å². The summed E-state index contributed by atoms with van der Waals surface area (Å²) in [7, 11) is 0. The number of nitrogens with one attached hydrogen (secondary N) is 2. The van der Waals surface area contributed by atoms with E-state index < -0.39 is 11.9 Å². The largest absolute Gasteiger partial charge is 0.492 e. The summed E-state index contributed by atoms with van der Waals surface area (Å²) in [5.74, 6) is -0.113. The number of piperidine rings is 2. The van der Waals surface area contributed by atoms with Crippen molar-refractivity contribution >= 4 is 28.8 Å². The number of carbonyl (C=O) groups is 3. The zero-order valence-electron chi connectivity index (χ0n) is 20.0. The Morgan fingerprint density at radius 2 is 1.97 bits per heavy atom. The van der Waals surface area contributed by atoms with Gasteiger partial charge in [0.25, 0.3) is 5.91 Å². The van der Waals surface area contributed by atoms with Crippen molar-refractivity contribution in [2.24, 2.45) is 0 Å². The summed E-state index contributed by atoms with van der Waals surface area (Å²) in [4.78, 5) is 48.2. The lowest BCUT2D eigenvalue weighted by Crippen LogP contribution is -2.52. The van der Waals surface area contributed by atoms with E-state index in [4.69, 9.17) is 4.74 Å². The number of benzene rings is 2. The van der Waals surface area contributed by atoms with Gasteiger partial charge < -0.3 is 14.6 Å². The van der Waals surface area contributed by atoms with Crippen molar-refractivity contribution in [2.75, 3.05) is 13.2 Å². The van der Waals surface area contributed by atoms with Gasteiger partial charge in [0.05, 0.1) is 17.4 Å². The van der Waals surface area contributed by atoms with Crippen LogP contribution < -0.4 is 10.1 Å². The number of aromatic amines is 1. The maximum atomic E-state index is 12.9. The van der Waals surface area contributed by atoms with Crippen molar-refractivity contribution in [3.63, 3.8) is 0 Å². The summed E-state index contributed by atoms with van der Waals surface area (Å²) < 4.78 is 6.24. The number of nitrogens with zero attached hydrogens (tertiary/aromatic N) is 3. The number of hydrogen-bond acceptors (Lipinski definition) is 6. The summed E-state index contributed by atoms with van der Waals surface area (Å²) in [6, 6.07) is 11.6. The number of imidazole rings is 1. The molecule has 186 valence electrons. The maximum absolute atomic E-state index is 12.9. The summed E-state index contributed by atoms with van der Waals surface area (Å²) in [5.41, 5.74) is 4.74. The third kappa shape index (κ3) is 4.35. The van der Waals surface area contributed by atoms with Gasteiger partial charge in [-0.3, -0.25) is 24.6 Å². The van der Waals surface area contributed by atoms with Gasteiger partial charge in [-0.05, 0) is 67.3 Å². The van der Waals surface area contributed by atoms with Gasteiger partial charge in [0.15, 0.2) is 0 Å². The molecule has 0 bridgehead atoms. The smallest absolute Gasteiger partial charge is 0.255 e. The molecule has 2 N–H and O–H groups in total. The Labute approximate surface area is 208 Å². The molecule has 9 heteroatoms. The zero-order valence-corrected chi connectivity index (χ0v) is 20.0. The first-order chi connectivity index (χ1) is 17.5. The van der Waals surface area contributed by atoms with Gasteiger partial charge in [0, 0.05) is 31.1 Å². The lowest BCUT2D eigenvalue weighted by atomic mass is 10.0. The number of fused-ring (bicyclic) bond motifs is 2. The Bertz CT molecular complexity index is 1330. The minimum absolute atomic E-state index is 0.168. The molecule has 3 aliphatic heterocycles. The highest BCUT2D eigenvalue weighted by Gasteiger charge is 2.39. The molecule has 2 unspecified atom stereocenters. The highest BCUT2D eigenvalue weighted by atomic mass is 16.5. The molecule has 0 spiro atoms. The van der Waals surface area contributed by atoms with Gasteiger partial charge in [0.1, 0.15) is 18.4 Å². The Hall–Kier alpha value is -3.72. The van der Waals surface area contributed by atoms with Crippen LogP contribution in [0.25, 0.3) is 11.0 Å². The molecule has 0 saturated carbocycles. The van der Waals surface area contributed by atoms with Crippen LogP contribution in [-0.2, 0) is 22.7 Å². The van der Waals surface area contributed by atoms with E-state index in [1.807, 2.05) is 12.1 Å². The van der Waals surface area contributed by atoms with Crippen LogP contribution in [0.3, 0.4) is 0 Å². The van der Waals surface area contributed by atoms with Gasteiger partial charge in [-0.15, -0.1) is 0 Å². The van der Waals surface area contributed by atoms with Crippen molar-refractivity contribution in [3.8, 4) is 5.75 Å². The number of amides is 3. The number of aromatic nitrogens is 2. The molecule has 36 heavy (non-hydrogen) atoms. The summed E-state index contributed by atoms with van der Waals surface area (Å²) >= 11 is 0. The third-order valence-corrected chi connectivity index (χ3v) is 7.56. The molecule has 6 rings (SSSR count). The Morgan fingerprint density at radius 1 is 1.06 bits per heavy atom. The lowest BCUT2D eigenvalue weighted by molar-refractivity contribution is -0.136. The molecule has 3 aliphatic rings. The standard InChI is InChI=1S/C27H29N5O4/c33-25-9-8-24(26(34)30-25)32-14-18-12-20(5-6-21(18)27(32)35)36-15-19-3-1-2-10-31(19)13-17-4-7-22-23(11-17)29-16-28-22/h4-7,11-12,16,19,24H,1-3,8-10,13-15H2,(H,28,29)(H,30,33,34). The van der Waals surface area contributed by atoms with Crippen LogP contribution >= 0.6 is 0 Å². The zero-order chi connectivity index (χ0) is 24.6. The predicted molar refractivity (Wildman–Crippen MR) is 132 cm³/mol. The normalized spacial score (nSPS) is 22.7. The van der Waals surface area contributed by atoms with Gasteiger partial charge in [-0.25, -0.2) is 4.98 Å². The number of rotatable bonds is 6. The molecule has 4 heterocycles. The Balaban J connectivity index is 1.11. The van der Waals surface area contributed by atoms with Crippen LogP contribution in [0, 0.1) is 0 Å². The molecule has 1 aromatic heterocycles. The fourth-order valence-corrected chi connectivity index (χ4v) is 5.61. The summed E-state index contributed by atoms with van der Waals surface area (Å²) in [6.45, 7) is 2.83. The number of likely N-dealkylation sites (tertiary alicyclic amines) is 1. The van der Waals surface area contributed by atoms with Crippen LogP contribution in [0.5, 0.6) is 5.75 Å². The second kappa shape index (κ2) is 9.39. The molecule has 9 nitrogen and oxygen atoms in total. The molecule has 0 aliphatic carbocycles. The summed E-state index contributed by atoms with van der Waals surface area (Å²) in [6.07, 6.45) is 5.78. The van der Waals surface area contributed by atoms with E-state index in [-0.39, 0.29) is 18.2 Å². The van der Waals surface area contributed by atoms with Crippen LogP contribution in [0.1, 0.15) is 53.6 Å². The molecule has 0 radical (unpaired) electrons. The average Bonchev–Trinajstić information content (AvgIpc) is 3.47. The van der Waals surface area contributed by atoms with Crippen molar-refractivity contribution in [1.82, 2.24) is 25.1 Å². The van der Waals surface area contributed by atoms with Crippen molar-refractivity contribution < 1.29 is 19.1 Å². The van der Waals surface area contributed by atoms with Crippen LogP contribution in [0.2, 0.25) is 0 Å². The van der Waals surface area contributed by atoms with E-state index in [0.29, 0.717) is 31.2 Å². The van der Waals surface area contributed by atoms with E-state index in [0.717, 1.165) is 41.9 Å². The molecule has 3 amide bonds. The second-order valence-corrected chi connectivity index (χ2v) is 9.90. The van der Waals surface area contributed by atoms with Crippen molar-refractivity contribution in [2.45, 2.75) is 57.3 Å². The molecular weight excluding hydrogens is 458 g/mol. The third-order valence-electron chi connectivity index (χ3n) is 7.56. The number of hydrogen-bond donors (Lipinski definition) is 2. The van der Waals surface area contributed by atoms with E-state index >= 15 is 0 Å². The minimum Gasteiger partial charge on any atom is -0.492 e. The molecule has 2 saturated heterocycles. The number of ether oxygens (including phenoxy) is 1. The van der Waals surface area contributed by atoms with Gasteiger partial charge in [-0.2, -0.15) is 0 Å². The first kappa shape index (κ1) is 22.7. The first-order valence-corrected chi connectivity index (χ1v) is 12.6. The van der Waals surface area contributed by atoms with E-state index in [9.17, 15) is 14.4 Å². The first-order valence-electron chi connectivity index (χ1n) is 12.6. The van der Waals surface area contributed by atoms with Gasteiger partial charge in [-0.1, -0.05) is 12.5 Å². The quantitative estimate of drug-likeness (QED) is 0.518. The second-order valence-electron chi connectivity index (χ2n) is 9.90. The SMILES string of the molecule is O=C1CCC(N2Cc3cc(OCC4CCCCN4Cc4ccc5nc[nH]c5c4)ccc3C2=O)C(=O)N1. The Morgan fingerprint density at radius 3 is 2.86 bits per heavy atom. The minimum atomic E-state index is -0.608. The monoisotopic (exact) mass is 487 g/mol. The molecular formula is C27H29N5O4. The van der Waals surface area contributed by atoms with E-state index in [1.165, 1.54) is 18.4 Å². The number of imide groups is 1. The molecule has 3 aromatic rings. The van der Waals surface area contributed by atoms with Crippen LogP contribution in [0.15, 0.2) is 42.7 Å². The predicted octanol–water partition coefficient (Wildman–Crippen LogP) is 2.76. The lowest BCUT2D eigenvalue weighted by Gasteiger charge is -2.35. The maximum Gasteiger partial charge on any atom is 0.255 e. The fourth-order valence-electron chi connectivity index (χ4n) is 5.61.